The largest absolute Gasteiger partial charge is 0.310 e. The molecule has 0 bridgehead atoms. The fourth-order valence-corrected chi connectivity index (χ4v) is 12.3. The molecule has 1 aromatic heterocycles. The first-order valence-corrected chi connectivity index (χ1v) is 25.8. The molecule has 0 unspecified atom stereocenters. The van der Waals surface area contributed by atoms with E-state index in [1.54, 1.807) is 0 Å². The van der Waals surface area contributed by atoms with Crippen molar-refractivity contribution in [3.8, 4) is 39.1 Å². The van der Waals surface area contributed by atoms with Crippen LogP contribution in [0.3, 0.4) is 0 Å². The Kier molecular flexibility index (Phi) is 10.1. The van der Waals surface area contributed by atoms with Gasteiger partial charge < -0.3 is 14.4 Å². The van der Waals surface area contributed by atoms with Crippen LogP contribution in [0.1, 0.15) is 76.3 Å². The van der Waals surface area contributed by atoms with Gasteiger partial charge in [0.25, 0.3) is 0 Å². The normalized spacial score (nSPS) is 13.9. The summed E-state index contributed by atoms with van der Waals surface area (Å²) in [4.78, 5) is 4.92. The van der Waals surface area contributed by atoms with Crippen LogP contribution in [-0.2, 0) is 16.2 Å². The molecule has 11 aromatic rings. The Morgan fingerprint density at radius 3 is 1.42 bits per heavy atom. The topological polar surface area (TPSA) is 11.4 Å². The Morgan fingerprint density at radius 2 is 0.822 bits per heavy atom. The molecule has 0 N–H and O–H groups in total. The van der Waals surface area contributed by atoms with E-state index < -0.39 is 0 Å². The Hall–Kier alpha value is -8.40. The van der Waals surface area contributed by atoms with Gasteiger partial charge in [-0.05, 0) is 158 Å². The maximum atomic E-state index is 2.48. The van der Waals surface area contributed by atoms with E-state index in [1.165, 1.54) is 71.9 Å². The Bertz CT molecular complexity index is 3940. The number of aromatic nitrogens is 1. The average molecular weight is 942 g/mol. The van der Waals surface area contributed by atoms with E-state index in [4.69, 9.17) is 0 Å². The zero-order chi connectivity index (χ0) is 49.8. The minimum atomic E-state index is -0.161. The van der Waals surface area contributed by atoms with Crippen molar-refractivity contribution in [2.75, 3.05) is 9.80 Å². The molecule has 3 heteroatoms. The van der Waals surface area contributed by atoms with Gasteiger partial charge in [0.05, 0.1) is 16.7 Å². The van der Waals surface area contributed by atoms with Crippen molar-refractivity contribution in [3.63, 3.8) is 0 Å². The number of anilines is 6. The molecule has 0 radical (unpaired) electrons. The van der Waals surface area contributed by atoms with Crippen molar-refractivity contribution in [2.24, 2.45) is 0 Å². The summed E-state index contributed by atoms with van der Waals surface area (Å²) in [7, 11) is 0. The first-order valence-electron chi connectivity index (χ1n) is 25.8. The van der Waals surface area contributed by atoms with Crippen LogP contribution in [0.2, 0.25) is 0 Å². The molecule has 1 heterocycles. The summed E-state index contributed by atoms with van der Waals surface area (Å²) >= 11 is 0. The zero-order valence-electron chi connectivity index (χ0n) is 42.8. The third-order valence-corrected chi connectivity index (χ3v) is 16.1. The predicted molar refractivity (Wildman–Crippen MR) is 309 cm³/mol. The summed E-state index contributed by atoms with van der Waals surface area (Å²) < 4.78 is 2.43. The summed E-state index contributed by atoms with van der Waals surface area (Å²) in [5.74, 6) is 0. The van der Waals surface area contributed by atoms with Gasteiger partial charge >= 0.3 is 0 Å². The van der Waals surface area contributed by atoms with E-state index in [2.05, 4.69) is 293 Å². The predicted octanol–water partition coefficient (Wildman–Crippen LogP) is 19.3. The summed E-state index contributed by atoms with van der Waals surface area (Å²) in [6, 6.07) is 86.1. The van der Waals surface area contributed by atoms with Crippen molar-refractivity contribution >= 4 is 55.9 Å². The molecule has 0 atom stereocenters. The third-order valence-electron chi connectivity index (χ3n) is 16.1. The molecule has 73 heavy (non-hydrogen) atoms. The van der Waals surface area contributed by atoms with E-state index in [1.807, 2.05) is 0 Å². The van der Waals surface area contributed by atoms with Gasteiger partial charge in [-0.3, -0.25) is 0 Å². The molecule has 0 amide bonds. The van der Waals surface area contributed by atoms with Crippen LogP contribution in [0.5, 0.6) is 0 Å². The van der Waals surface area contributed by atoms with Gasteiger partial charge in [-0.15, -0.1) is 0 Å². The van der Waals surface area contributed by atoms with Gasteiger partial charge in [-0.2, -0.15) is 0 Å². The molecule has 0 saturated heterocycles. The monoisotopic (exact) mass is 941 g/mol. The lowest BCUT2D eigenvalue weighted by Gasteiger charge is -2.32. The van der Waals surface area contributed by atoms with Crippen molar-refractivity contribution < 1.29 is 0 Å². The molecule has 3 nitrogen and oxygen atoms in total. The van der Waals surface area contributed by atoms with Crippen LogP contribution >= 0.6 is 0 Å². The van der Waals surface area contributed by atoms with Crippen LogP contribution in [-0.4, -0.2) is 4.57 Å². The molecule has 2 aliphatic rings. The van der Waals surface area contributed by atoms with Crippen molar-refractivity contribution in [1.29, 1.82) is 0 Å². The molecule has 10 aromatic carbocycles. The third kappa shape index (κ3) is 7.08. The van der Waals surface area contributed by atoms with Crippen LogP contribution < -0.4 is 9.80 Å². The first kappa shape index (κ1) is 44.5. The van der Waals surface area contributed by atoms with Gasteiger partial charge in [-0.25, -0.2) is 0 Å². The molecule has 0 spiro atoms. The average Bonchev–Trinajstić information content (AvgIpc) is 3.96. The second-order valence-electron chi connectivity index (χ2n) is 22.2. The highest BCUT2D eigenvalue weighted by atomic mass is 15.2. The van der Waals surface area contributed by atoms with Crippen molar-refractivity contribution in [1.82, 2.24) is 4.57 Å². The minimum Gasteiger partial charge on any atom is -0.310 e. The summed E-state index contributed by atoms with van der Waals surface area (Å²) in [6.07, 6.45) is 0. The summed E-state index contributed by atoms with van der Waals surface area (Å²) in [6.45, 7) is 16.3. The van der Waals surface area contributed by atoms with E-state index in [0.29, 0.717) is 0 Å². The van der Waals surface area contributed by atoms with Crippen LogP contribution in [0.25, 0.3) is 60.9 Å². The lowest BCUT2D eigenvalue weighted by Crippen LogP contribution is -2.17. The number of rotatable bonds is 8. The lowest BCUT2D eigenvalue weighted by atomic mass is 9.82. The second-order valence-corrected chi connectivity index (χ2v) is 22.2. The van der Waals surface area contributed by atoms with Crippen molar-refractivity contribution in [3.05, 3.63) is 258 Å². The SMILES string of the molecule is CC(C)(C)c1ccc(-n2c3ccccc3c3cc(-c4cc(N(c5ccccc5)c5ccc6c(c5)C(C)(C)c5ccccc5-6)ccc4N(c4ccccc4)c4ccc5c(c4)C(C)(C)c4ccccc4-5)ccc32)cc1. The molecule has 0 aliphatic heterocycles. The molecule has 2 aliphatic carbocycles. The summed E-state index contributed by atoms with van der Waals surface area (Å²) in [5, 5.41) is 2.44. The fraction of sp³-hybridized carbons (Fsp3) is 0.143. The Balaban J connectivity index is 1.05. The Labute approximate surface area is 430 Å². The van der Waals surface area contributed by atoms with Crippen LogP contribution in [0.15, 0.2) is 231 Å². The summed E-state index contributed by atoms with van der Waals surface area (Å²) in [5.41, 5.74) is 24.2. The number of para-hydroxylation sites is 3. The number of fused-ring (bicyclic) bond motifs is 9. The standard InChI is InChI=1S/C70H59N3/c1-68(2,3)47-31-33-50(34-32-47)73-65-29-19-16-26-58(65)60-42-46(30-40-67(60)73)59-43-51(71(48-20-10-8-11-21-48)52-35-38-56-54-24-14-17-27-61(54)69(4,5)63(56)44-52)37-41-66(59)72(49-22-12-9-13-23-49)53-36-39-57-55-25-15-18-28-62(55)70(6,7)64(57)45-53/h8-45H,1-7H3. The maximum Gasteiger partial charge on any atom is 0.0541 e. The molecular formula is C70H59N3. The maximum absolute atomic E-state index is 2.48. The van der Waals surface area contributed by atoms with Gasteiger partial charge in [0.15, 0.2) is 0 Å². The highest BCUT2D eigenvalue weighted by molar-refractivity contribution is 6.11. The minimum absolute atomic E-state index is 0.0637. The number of hydrogen-bond donors (Lipinski definition) is 0. The molecule has 0 fully saturated rings. The van der Waals surface area contributed by atoms with Gasteiger partial charge in [0.2, 0.25) is 0 Å². The second kappa shape index (κ2) is 16.6. The lowest BCUT2D eigenvalue weighted by molar-refractivity contribution is 0.590. The van der Waals surface area contributed by atoms with E-state index >= 15 is 0 Å². The molecule has 13 rings (SSSR count). The Morgan fingerprint density at radius 1 is 0.342 bits per heavy atom. The van der Waals surface area contributed by atoms with Gasteiger partial charge in [0, 0.05) is 61.3 Å². The van der Waals surface area contributed by atoms with E-state index in [9.17, 15) is 0 Å². The molecular weight excluding hydrogens is 883 g/mol. The fourth-order valence-electron chi connectivity index (χ4n) is 12.3. The number of hydrogen-bond acceptors (Lipinski definition) is 2. The smallest absolute Gasteiger partial charge is 0.0541 e. The quantitative estimate of drug-likeness (QED) is 0.150. The molecule has 354 valence electrons. The van der Waals surface area contributed by atoms with Gasteiger partial charge in [0.1, 0.15) is 0 Å². The van der Waals surface area contributed by atoms with Gasteiger partial charge in [-0.1, -0.05) is 182 Å². The number of nitrogens with zero attached hydrogens (tertiary/aromatic N) is 3. The van der Waals surface area contributed by atoms with Crippen LogP contribution in [0.4, 0.5) is 34.1 Å². The first-order chi connectivity index (χ1) is 35.4. The number of benzene rings is 10. The van der Waals surface area contributed by atoms with Crippen LogP contribution in [0, 0.1) is 0 Å². The van der Waals surface area contributed by atoms with E-state index in [-0.39, 0.29) is 16.2 Å². The van der Waals surface area contributed by atoms with E-state index in [0.717, 1.165) is 50.9 Å². The van der Waals surface area contributed by atoms with Crippen molar-refractivity contribution in [2.45, 2.75) is 64.7 Å². The highest BCUT2D eigenvalue weighted by Gasteiger charge is 2.37. The molecule has 0 saturated carbocycles. The highest BCUT2D eigenvalue weighted by Crippen LogP contribution is 2.54. The zero-order valence-corrected chi connectivity index (χ0v) is 42.8.